The van der Waals surface area contributed by atoms with Gasteiger partial charge in [0.25, 0.3) is 0 Å². The molecule has 0 N–H and O–H groups in total. The number of benzene rings is 9. The maximum Gasteiger partial charge on any atom is 0.166 e. The Hall–Kier alpha value is -7.99. The molecule has 3 aromatic heterocycles. The van der Waals surface area contributed by atoms with Gasteiger partial charge in [-0.3, -0.25) is 0 Å². The average Bonchev–Trinajstić information content (AvgIpc) is 3.90. The van der Waals surface area contributed by atoms with Gasteiger partial charge in [0.1, 0.15) is 0 Å². The molecule has 62 heavy (non-hydrogen) atoms. The summed E-state index contributed by atoms with van der Waals surface area (Å²) in [4.78, 5) is 15.8. The van der Waals surface area contributed by atoms with E-state index in [1.807, 2.05) is 47.7 Å². The number of para-hydroxylation sites is 1. The van der Waals surface area contributed by atoms with Gasteiger partial charge in [-0.25, -0.2) is 15.0 Å². The van der Waals surface area contributed by atoms with E-state index in [2.05, 4.69) is 187 Å². The van der Waals surface area contributed by atoms with Gasteiger partial charge in [-0.15, -0.1) is 11.3 Å². The first-order chi connectivity index (χ1) is 30.7. The summed E-state index contributed by atoms with van der Waals surface area (Å²) in [7, 11) is 0. The molecule has 0 saturated carbocycles. The third-order valence-corrected chi connectivity index (χ3v) is 13.0. The minimum absolute atomic E-state index is 0.604. The van der Waals surface area contributed by atoms with Crippen molar-refractivity contribution in [3.05, 3.63) is 218 Å². The predicted molar refractivity (Wildman–Crippen MR) is 260 cm³/mol. The Kier molecular flexibility index (Phi) is 8.65. The molecule has 0 aliphatic carbocycles. The first-order valence-electron chi connectivity index (χ1n) is 20.9. The Balaban J connectivity index is 1.17. The van der Waals surface area contributed by atoms with E-state index in [0.717, 1.165) is 39.0 Å². The molecule has 0 bridgehead atoms. The third kappa shape index (κ3) is 6.09. The highest BCUT2D eigenvalue weighted by atomic mass is 32.1. The minimum atomic E-state index is 0.604. The number of hydrogen-bond donors (Lipinski definition) is 0. The van der Waals surface area contributed by atoms with Crippen LogP contribution in [0.3, 0.4) is 0 Å². The van der Waals surface area contributed by atoms with Crippen LogP contribution in [-0.4, -0.2) is 19.5 Å². The molecular weight excluding hydrogens is 773 g/mol. The van der Waals surface area contributed by atoms with E-state index >= 15 is 0 Å². The van der Waals surface area contributed by atoms with Crippen LogP contribution < -0.4 is 0 Å². The van der Waals surface area contributed by atoms with Gasteiger partial charge in [0.2, 0.25) is 0 Å². The van der Waals surface area contributed by atoms with Gasteiger partial charge < -0.3 is 4.57 Å². The van der Waals surface area contributed by atoms with Crippen molar-refractivity contribution in [3.63, 3.8) is 0 Å². The van der Waals surface area contributed by atoms with Crippen LogP contribution in [0.25, 0.3) is 115 Å². The molecule has 290 valence electrons. The lowest BCUT2D eigenvalue weighted by Crippen LogP contribution is -2.04. The van der Waals surface area contributed by atoms with Crippen molar-refractivity contribution >= 4 is 53.3 Å². The minimum Gasteiger partial charge on any atom is -0.308 e. The van der Waals surface area contributed by atoms with Gasteiger partial charge >= 0.3 is 0 Å². The number of hydrogen-bond acceptors (Lipinski definition) is 4. The molecule has 12 aromatic rings. The van der Waals surface area contributed by atoms with Crippen LogP contribution in [0.2, 0.25) is 0 Å². The zero-order chi connectivity index (χ0) is 41.0. The molecule has 0 saturated heterocycles. The van der Waals surface area contributed by atoms with E-state index in [-0.39, 0.29) is 0 Å². The quantitative estimate of drug-likeness (QED) is 0.161. The molecule has 0 aliphatic rings. The molecule has 0 atom stereocenters. The van der Waals surface area contributed by atoms with Crippen LogP contribution in [0.5, 0.6) is 0 Å². The molecule has 0 aliphatic heterocycles. The largest absolute Gasteiger partial charge is 0.308 e. The monoisotopic (exact) mass is 808 g/mol. The highest BCUT2D eigenvalue weighted by Crippen LogP contribution is 2.45. The van der Waals surface area contributed by atoms with Crippen molar-refractivity contribution in [2.24, 2.45) is 0 Å². The van der Waals surface area contributed by atoms with Crippen LogP contribution in [0.4, 0.5) is 0 Å². The van der Waals surface area contributed by atoms with Crippen LogP contribution in [0, 0.1) is 0 Å². The fourth-order valence-electron chi connectivity index (χ4n) is 8.98. The molecule has 0 unspecified atom stereocenters. The van der Waals surface area contributed by atoms with Crippen molar-refractivity contribution in [1.29, 1.82) is 0 Å². The van der Waals surface area contributed by atoms with E-state index in [0.29, 0.717) is 17.5 Å². The fraction of sp³-hybridized carbons (Fsp3) is 0. The summed E-state index contributed by atoms with van der Waals surface area (Å²) in [6.07, 6.45) is 0. The van der Waals surface area contributed by atoms with Crippen LogP contribution in [0.1, 0.15) is 0 Å². The molecular formula is C57H36N4S. The Morgan fingerprint density at radius 3 is 1.50 bits per heavy atom. The lowest BCUT2D eigenvalue weighted by Gasteiger charge is -2.18. The van der Waals surface area contributed by atoms with Gasteiger partial charge in [-0.2, -0.15) is 0 Å². The Bertz CT molecular complexity index is 3560. The van der Waals surface area contributed by atoms with Gasteiger partial charge in [-0.05, 0) is 69.8 Å². The first-order valence-corrected chi connectivity index (χ1v) is 21.7. The SMILES string of the molecule is c1ccc(-c2nc(-c3ccccc3)nc(-c3cc(-c4ccc(-c5ccccc5)c(-c5ccccc5)c4)ccc3-n3c4ccccc4c4ccc5sc6ccccc6c5c43)n2)cc1. The predicted octanol–water partition coefficient (Wildman–Crippen LogP) is 15.3. The van der Waals surface area contributed by atoms with Crippen molar-refractivity contribution in [2.75, 3.05) is 0 Å². The highest BCUT2D eigenvalue weighted by Gasteiger charge is 2.23. The average molecular weight is 809 g/mol. The summed E-state index contributed by atoms with van der Waals surface area (Å²) in [5, 5.41) is 4.92. The van der Waals surface area contributed by atoms with Crippen molar-refractivity contribution in [1.82, 2.24) is 19.5 Å². The number of fused-ring (bicyclic) bond motifs is 7. The second kappa shape index (κ2) is 14.9. The summed E-state index contributed by atoms with van der Waals surface area (Å²) >= 11 is 1.84. The maximum atomic E-state index is 5.35. The maximum absolute atomic E-state index is 5.35. The summed E-state index contributed by atoms with van der Waals surface area (Å²) in [6.45, 7) is 0. The van der Waals surface area contributed by atoms with Crippen molar-refractivity contribution in [3.8, 4) is 73.2 Å². The zero-order valence-corrected chi connectivity index (χ0v) is 34.3. The Morgan fingerprint density at radius 1 is 0.323 bits per heavy atom. The van der Waals surface area contributed by atoms with Crippen LogP contribution >= 0.6 is 11.3 Å². The molecule has 5 heteroatoms. The van der Waals surface area contributed by atoms with Crippen molar-refractivity contribution in [2.45, 2.75) is 0 Å². The number of aromatic nitrogens is 4. The fourth-order valence-corrected chi connectivity index (χ4v) is 10.1. The molecule has 3 heterocycles. The van der Waals surface area contributed by atoms with Crippen LogP contribution in [0.15, 0.2) is 218 Å². The van der Waals surface area contributed by atoms with E-state index in [1.165, 1.54) is 58.7 Å². The van der Waals surface area contributed by atoms with Gasteiger partial charge in [0.05, 0.1) is 16.7 Å². The molecule has 9 aromatic carbocycles. The molecule has 0 spiro atoms. The molecule has 0 fully saturated rings. The normalized spacial score (nSPS) is 11.5. The zero-order valence-electron chi connectivity index (χ0n) is 33.5. The first kappa shape index (κ1) is 35.9. The summed E-state index contributed by atoms with van der Waals surface area (Å²) in [5.74, 6) is 1.85. The molecule has 12 rings (SSSR count). The summed E-state index contributed by atoms with van der Waals surface area (Å²) in [6, 6.07) is 77.5. The molecule has 0 amide bonds. The van der Waals surface area contributed by atoms with Gasteiger partial charge in [-0.1, -0.05) is 182 Å². The molecule has 0 radical (unpaired) electrons. The number of thiophene rings is 1. The topological polar surface area (TPSA) is 43.6 Å². The van der Waals surface area contributed by atoms with Gasteiger partial charge in [0, 0.05) is 47.6 Å². The van der Waals surface area contributed by atoms with Crippen LogP contribution in [-0.2, 0) is 0 Å². The second-order valence-electron chi connectivity index (χ2n) is 15.5. The summed E-state index contributed by atoms with van der Waals surface area (Å²) < 4.78 is 4.98. The van der Waals surface area contributed by atoms with Crippen molar-refractivity contribution < 1.29 is 0 Å². The number of rotatable bonds is 7. The standard InChI is InChI=1S/C57H36N4S/c1-5-17-37(18-6-1)43-31-29-41(35-47(43)38-19-7-2-8-20-38)42-30-33-50(48(36-42)57-59-55(39-21-9-3-10-22-39)58-56(60-57)40-23-11-4-12-24-40)61-49-27-15-13-25-44(49)45-32-34-52-53(54(45)61)46-26-14-16-28-51(46)62-52/h1-36H. The van der Waals surface area contributed by atoms with E-state index < -0.39 is 0 Å². The lowest BCUT2D eigenvalue weighted by atomic mass is 9.90. The Morgan fingerprint density at radius 2 is 0.839 bits per heavy atom. The summed E-state index contributed by atoms with van der Waals surface area (Å²) in [5.41, 5.74) is 12.9. The smallest absolute Gasteiger partial charge is 0.166 e. The Labute approximate surface area is 362 Å². The second-order valence-corrected chi connectivity index (χ2v) is 16.6. The van der Waals surface area contributed by atoms with E-state index in [4.69, 9.17) is 15.0 Å². The lowest BCUT2D eigenvalue weighted by molar-refractivity contribution is 1.06. The molecule has 4 nitrogen and oxygen atoms in total. The number of nitrogens with zero attached hydrogens (tertiary/aromatic N) is 4. The van der Waals surface area contributed by atoms with E-state index in [9.17, 15) is 0 Å². The van der Waals surface area contributed by atoms with E-state index in [1.54, 1.807) is 0 Å². The highest BCUT2D eigenvalue weighted by molar-refractivity contribution is 7.26. The van der Waals surface area contributed by atoms with Gasteiger partial charge in [0.15, 0.2) is 17.5 Å². The third-order valence-electron chi connectivity index (χ3n) is 11.9.